The van der Waals surface area contributed by atoms with Gasteiger partial charge in [0.15, 0.2) is 0 Å². The second-order valence-corrected chi connectivity index (χ2v) is 5.95. The van der Waals surface area contributed by atoms with E-state index in [1.807, 2.05) is 0 Å². The zero-order valence-electron chi connectivity index (χ0n) is 13.7. The maximum atomic E-state index is 5.93. The summed E-state index contributed by atoms with van der Waals surface area (Å²) in [6.07, 6.45) is 1.18. The summed E-state index contributed by atoms with van der Waals surface area (Å²) in [5.41, 5.74) is 2.55. The quantitative estimate of drug-likeness (QED) is 0.703. The molecule has 1 aromatic rings. The first-order valence-corrected chi connectivity index (χ1v) is 7.59. The summed E-state index contributed by atoms with van der Waals surface area (Å²) in [6.45, 7) is 10.3. The smallest absolute Gasteiger partial charge is 0.123 e. The van der Waals surface area contributed by atoms with E-state index in [4.69, 9.17) is 4.74 Å². The van der Waals surface area contributed by atoms with Gasteiger partial charge in [0.05, 0.1) is 0 Å². The molecule has 3 heteroatoms. The van der Waals surface area contributed by atoms with Gasteiger partial charge >= 0.3 is 0 Å². The Labute approximate surface area is 124 Å². The molecule has 1 N–H and O–H groups in total. The van der Waals surface area contributed by atoms with Gasteiger partial charge in [-0.1, -0.05) is 26.0 Å². The van der Waals surface area contributed by atoms with Gasteiger partial charge < -0.3 is 15.0 Å². The Balaban J connectivity index is 2.29. The molecule has 3 nitrogen and oxygen atoms in total. The van der Waals surface area contributed by atoms with E-state index in [-0.39, 0.29) is 0 Å². The molecular weight excluding hydrogens is 248 g/mol. The predicted molar refractivity (Wildman–Crippen MR) is 86.8 cm³/mol. The molecule has 0 heterocycles. The van der Waals surface area contributed by atoms with E-state index in [2.05, 4.69) is 63.3 Å². The van der Waals surface area contributed by atoms with Crippen molar-refractivity contribution in [3.8, 4) is 5.75 Å². The second kappa shape index (κ2) is 8.98. The molecule has 0 saturated carbocycles. The van der Waals surface area contributed by atoms with Crippen molar-refractivity contribution >= 4 is 0 Å². The van der Waals surface area contributed by atoms with Crippen LogP contribution >= 0.6 is 0 Å². The van der Waals surface area contributed by atoms with E-state index in [1.54, 1.807) is 0 Å². The minimum Gasteiger partial charge on any atom is -0.492 e. The van der Waals surface area contributed by atoms with Crippen molar-refractivity contribution < 1.29 is 4.74 Å². The average molecular weight is 278 g/mol. The molecule has 0 amide bonds. The molecule has 1 rings (SSSR count). The summed E-state index contributed by atoms with van der Waals surface area (Å²) in [4.78, 5) is 2.21. The van der Waals surface area contributed by atoms with Crippen molar-refractivity contribution in [2.75, 3.05) is 40.3 Å². The van der Waals surface area contributed by atoms with Crippen molar-refractivity contribution in [2.45, 2.75) is 33.1 Å². The topological polar surface area (TPSA) is 24.5 Å². The molecule has 0 bridgehead atoms. The first-order chi connectivity index (χ1) is 9.50. The number of nitrogens with zero attached hydrogens (tertiary/aromatic N) is 1. The fourth-order valence-corrected chi connectivity index (χ4v) is 2.12. The Bertz CT molecular complexity index is 389. The van der Waals surface area contributed by atoms with Crippen LogP contribution < -0.4 is 10.1 Å². The third kappa shape index (κ3) is 6.40. The van der Waals surface area contributed by atoms with Crippen LogP contribution in [-0.2, 0) is 0 Å². The summed E-state index contributed by atoms with van der Waals surface area (Å²) >= 11 is 0. The molecule has 0 aromatic heterocycles. The third-order valence-electron chi connectivity index (χ3n) is 3.29. The maximum Gasteiger partial charge on any atom is 0.123 e. The van der Waals surface area contributed by atoms with E-state index in [1.165, 1.54) is 17.5 Å². The van der Waals surface area contributed by atoms with Crippen molar-refractivity contribution in [3.05, 3.63) is 29.3 Å². The van der Waals surface area contributed by atoms with Gasteiger partial charge in [0, 0.05) is 6.54 Å². The SMILES string of the molecule is Cc1ccc(C(C)C)c(OCCNCCCN(C)C)c1. The van der Waals surface area contributed by atoms with Gasteiger partial charge in [-0.3, -0.25) is 0 Å². The fourth-order valence-electron chi connectivity index (χ4n) is 2.12. The molecule has 0 saturated heterocycles. The standard InChI is InChI=1S/C17H30N2O/c1-14(2)16-8-7-15(3)13-17(16)20-12-10-18-9-6-11-19(4)5/h7-8,13-14,18H,6,9-12H2,1-5H3. The number of ether oxygens (including phenoxy) is 1. The third-order valence-corrected chi connectivity index (χ3v) is 3.29. The Hall–Kier alpha value is -1.06. The number of nitrogens with one attached hydrogen (secondary N) is 1. The van der Waals surface area contributed by atoms with Crippen LogP contribution in [0, 0.1) is 6.92 Å². The first kappa shape index (κ1) is 17.0. The molecule has 114 valence electrons. The average Bonchev–Trinajstić information content (AvgIpc) is 2.37. The highest BCUT2D eigenvalue weighted by atomic mass is 16.5. The van der Waals surface area contributed by atoms with Crippen LogP contribution in [0.3, 0.4) is 0 Å². The summed E-state index contributed by atoms with van der Waals surface area (Å²) in [6, 6.07) is 6.48. The first-order valence-electron chi connectivity index (χ1n) is 7.59. The largest absolute Gasteiger partial charge is 0.492 e. The van der Waals surface area contributed by atoms with Crippen LogP contribution in [0.4, 0.5) is 0 Å². The fraction of sp³-hybridized carbons (Fsp3) is 0.647. The maximum absolute atomic E-state index is 5.93. The predicted octanol–water partition coefficient (Wildman–Crippen LogP) is 3.04. The van der Waals surface area contributed by atoms with Crippen LogP contribution in [0.5, 0.6) is 5.75 Å². The van der Waals surface area contributed by atoms with Crippen molar-refractivity contribution in [1.82, 2.24) is 10.2 Å². The van der Waals surface area contributed by atoms with Crippen LogP contribution in [-0.4, -0.2) is 45.2 Å². The Morgan fingerprint density at radius 1 is 1.20 bits per heavy atom. The summed E-state index contributed by atoms with van der Waals surface area (Å²) in [5.74, 6) is 1.54. The zero-order valence-corrected chi connectivity index (χ0v) is 13.7. The van der Waals surface area contributed by atoms with Crippen molar-refractivity contribution in [1.29, 1.82) is 0 Å². The summed E-state index contributed by atoms with van der Waals surface area (Å²) in [7, 11) is 4.21. The minimum absolute atomic E-state index is 0.499. The van der Waals surface area contributed by atoms with Crippen LogP contribution in [0.1, 0.15) is 37.3 Å². The van der Waals surface area contributed by atoms with Gasteiger partial charge in [0.2, 0.25) is 0 Å². The van der Waals surface area contributed by atoms with Crippen LogP contribution in [0.2, 0.25) is 0 Å². The van der Waals surface area contributed by atoms with Gasteiger partial charge in [0.1, 0.15) is 12.4 Å². The lowest BCUT2D eigenvalue weighted by Gasteiger charge is -2.15. The molecule has 0 atom stereocenters. The number of benzene rings is 1. The molecule has 20 heavy (non-hydrogen) atoms. The van der Waals surface area contributed by atoms with Crippen molar-refractivity contribution in [2.24, 2.45) is 0 Å². The lowest BCUT2D eigenvalue weighted by molar-refractivity contribution is 0.307. The van der Waals surface area contributed by atoms with Crippen molar-refractivity contribution in [3.63, 3.8) is 0 Å². The number of hydrogen-bond acceptors (Lipinski definition) is 3. The van der Waals surface area contributed by atoms with E-state index in [0.717, 1.165) is 32.0 Å². The normalized spacial score (nSPS) is 11.3. The van der Waals surface area contributed by atoms with E-state index >= 15 is 0 Å². The molecule has 0 spiro atoms. The summed E-state index contributed by atoms with van der Waals surface area (Å²) < 4.78 is 5.93. The Morgan fingerprint density at radius 2 is 1.95 bits per heavy atom. The minimum atomic E-state index is 0.499. The van der Waals surface area contributed by atoms with Gasteiger partial charge in [-0.25, -0.2) is 0 Å². The van der Waals surface area contributed by atoms with E-state index in [0.29, 0.717) is 5.92 Å². The second-order valence-electron chi connectivity index (χ2n) is 5.95. The molecule has 1 aromatic carbocycles. The monoisotopic (exact) mass is 278 g/mol. The lowest BCUT2D eigenvalue weighted by Crippen LogP contribution is -2.25. The molecule has 0 fully saturated rings. The van der Waals surface area contributed by atoms with Gasteiger partial charge in [0.25, 0.3) is 0 Å². The molecule has 0 unspecified atom stereocenters. The molecule has 0 aliphatic heterocycles. The van der Waals surface area contributed by atoms with Gasteiger partial charge in [-0.05, 0) is 63.6 Å². The molecular formula is C17H30N2O. The van der Waals surface area contributed by atoms with Gasteiger partial charge in [-0.2, -0.15) is 0 Å². The Kier molecular flexibility index (Phi) is 7.63. The number of aryl methyl sites for hydroxylation is 1. The molecule has 0 aliphatic rings. The summed E-state index contributed by atoms with van der Waals surface area (Å²) in [5, 5.41) is 3.42. The van der Waals surface area contributed by atoms with Crippen LogP contribution in [0.15, 0.2) is 18.2 Å². The van der Waals surface area contributed by atoms with E-state index in [9.17, 15) is 0 Å². The Morgan fingerprint density at radius 3 is 2.60 bits per heavy atom. The highest BCUT2D eigenvalue weighted by Crippen LogP contribution is 2.27. The number of hydrogen-bond donors (Lipinski definition) is 1. The van der Waals surface area contributed by atoms with Crippen LogP contribution in [0.25, 0.3) is 0 Å². The van der Waals surface area contributed by atoms with Gasteiger partial charge in [-0.15, -0.1) is 0 Å². The highest BCUT2D eigenvalue weighted by molar-refractivity contribution is 5.39. The number of rotatable bonds is 9. The van der Waals surface area contributed by atoms with E-state index < -0.39 is 0 Å². The zero-order chi connectivity index (χ0) is 15.0. The highest BCUT2D eigenvalue weighted by Gasteiger charge is 2.07. The molecule has 0 aliphatic carbocycles. The molecule has 0 radical (unpaired) electrons. The lowest BCUT2D eigenvalue weighted by atomic mass is 10.0.